The molecule has 0 saturated heterocycles. The van der Waals surface area contributed by atoms with Crippen molar-refractivity contribution in [2.75, 3.05) is 13.7 Å². The molecule has 1 aromatic rings. The normalized spacial score (nSPS) is 13.2. The molecule has 0 aliphatic rings. The molecular weight excluding hydrogens is 214 g/mol. The van der Waals surface area contributed by atoms with Crippen molar-refractivity contribution in [3.8, 4) is 0 Å². The second kappa shape index (κ2) is 7.51. The molecular formula is C14H25NO2. The molecule has 1 atom stereocenters. The smallest absolute Gasteiger partial charge is 0.129 e. The van der Waals surface area contributed by atoms with E-state index in [2.05, 4.69) is 32.2 Å². The molecule has 1 N–H and O–H groups in total. The quantitative estimate of drug-likeness (QED) is 0.753. The standard InChI is InChI=1S/C14H25NO2/c1-5-8-15-13(9-11(2)3)14-7-6-12(17-14)10-16-4/h6-7,11,13,15H,5,8-10H2,1-4H3. The Labute approximate surface area is 105 Å². The zero-order chi connectivity index (χ0) is 12.7. The van der Waals surface area contributed by atoms with E-state index in [9.17, 15) is 0 Å². The van der Waals surface area contributed by atoms with Crippen LogP contribution in [-0.2, 0) is 11.3 Å². The number of hydrogen-bond donors (Lipinski definition) is 1. The fraction of sp³-hybridized carbons (Fsp3) is 0.714. The highest BCUT2D eigenvalue weighted by Gasteiger charge is 2.16. The molecule has 0 fully saturated rings. The first-order valence-corrected chi connectivity index (χ1v) is 6.48. The Balaban J connectivity index is 2.65. The summed E-state index contributed by atoms with van der Waals surface area (Å²) in [4.78, 5) is 0. The van der Waals surface area contributed by atoms with Gasteiger partial charge in [0.05, 0.1) is 6.04 Å². The lowest BCUT2D eigenvalue weighted by Crippen LogP contribution is -2.23. The van der Waals surface area contributed by atoms with Crippen molar-refractivity contribution in [3.63, 3.8) is 0 Å². The van der Waals surface area contributed by atoms with Crippen molar-refractivity contribution in [2.45, 2.75) is 46.3 Å². The largest absolute Gasteiger partial charge is 0.462 e. The number of furan rings is 1. The average molecular weight is 239 g/mol. The summed E-state index contributed by atoms with van der Waals surface area (Å²) < 4.78 is 10.9. The first-order valence-electron chi connectivity index (χ1n) is 6.48. The molecule has 1 rings (SSSR count). The van der Waals surface area contributed by atoms with E-state index in [-0.39, 0.29) is 0 Å². The van der Waals surface area contributed by atoms with Crippen LogP contribution in [0.25, 0.3) is 0 Å². The van der Waals surface area contributed by atoms with Gasteiger partial charge in [0.15, 0.2) is 0 Å². The van der Waals surface area contributed by atoms with E-state index in [4.69, 9.17) is 9.15 Å². The Morgan fingerprint density at radius 2 is 2.12 bits per heavy atom. The monoisotopic (exact) mass is 239 g/mol. The van der Waals surface area contributed by atoms with E-state index >= 15 is 0 Å². The van der Waals surface area contributed by atoms with Crippen molar-refractivity contribution >= 4 is 0 Å². The lowest BCUT2D eigenvalue weighted by atomic mass is 10.0. The van der Waals surface area contributed by atoms with Gasteiger partial charge in [-0.2, -0.15) is 0 Å². The number of nitrogens with one attached hydrogen (secondary N) is 1. The number of hydrogen-bond acceptors (Lipinski definition) is 3. The molecule has 0 spiro atoms. The van der Waals surface area contributed by atoms with Gasteiger partial charge in [0, 0.05) is 7.11 Å². The van der Waals surface area contributed by atoms with Crippen LogP contribution in [0.1, 0.15) is 51.2 Å². The fourth-order valence-corrected chi connectivity index (χ4v) is 1.89. The molecule has 1 aromatic heterocycles. The van der Waals surface area contributed by atoms with E-state index in [0.29, 0.717) is 18.6 Å². The van der Waals surface area contributed by atoms with Gasteiger partial charge in [-0.3, -0.25) is 0 Å². The Hall–Kier alpha value is -0.800. The Kier molecular flexibility index (Phi) is 6.30. The molecule has 0 aliphatic heterocycles. The van der Waals surface area contributed by atoms with Gasteiger partial charge < -0.3 is 14.5 Å². The van der Waals surface area contributed by atoms with Crippen LogP contribution in [0, 0.1) is 5.92 Å². The Morgan fingerprint density at radius 3 is 2.71 bits per heavy atom. The third-order valence-corrected chi connectivity index (χ3v) is 2.66. The Morgan fingerprint density at radius 1 is 1.35 bits per heavy atom. The third kappa shape index (κ3) is 4.92. The summed E-state index contributed by atoms with van der Waals surface area (Å²) in [5, 5.41) is 3.54. The lowest BCUT2D eigenvalue weighted by molar-refractivity contribution is 0.161. The maximum absolute atomic E-state index is 5.80. The zero-order valence-electron chi connectivity index (χ0n) is 11.5. The summed E-state index contributed by atoms with van der Waals surface area (Å²) in [6.07, 6.45) is 2.24. The minimum atomic E-state index is 0.320. The Bertz CT molecular complexity index is 307. The van der Waals surface area contributed by atoms with Crippen molar-refractivity contribution in [1.29, 1.82) is 0 Å². The summed E-state index contributed by atoms with van der Waals surface area (Å²) in [6.45, 7) is 8.22. The molecule has 1 heterocycles. The molecule has 98 valence electrons. The molecule has 0 saturated carbocycles. The number of rotatable bonds is 8. The predicted octanol–water partition coefficient (Wildman–Crippen LogP) is 3.51. The second-order valence-electron chi connectivity index (χ2n) is 4.87. The van der Waals surface area contributed by atoms with E-state index in [1.807, 2.05) is 6.07 Å². The molecule has 3 heteroatoms. The van der Waals surface area contributed by atoms with Gasteiger partial charge in [0.25, 0.3) is 0 Å². The van der Waals surface area contributed by atoms with Crippen LogP contribution in [-0.4, -0.2) is 13.7 Å². The fourth-order valence-electron chi connectivity index (χ4n) is 1.89. The van der Waals surface area contributed by atoms with E-state index in [1.165, 1.54) is 0 Å². The van der Waals surface area contributed by atoms with Crippen LogP contribution in [0.4, 0.5) is 0 Å². The molecule has 0 aromatic carbocycles. The minimum absolute atomic E-state index is 0.320. The van der Waals surface area contributed by atoms with E-state index in [1.54, 1.807) is 7.11 Å². The highest BCUT2D eigenvalue weighted by Crippen LogP contribution is 2.23. The van der Waals surface area contributed by atoms with Crippen molar-refractivity contribution in [3.05, 3.63) is 23.7 Å². The maximum atomic E-state index is 5.80. The molecule has 1 unspecified atom stereocenters. The highest BCUT2D eigenvalue weighted by atomic mass is 16.5. The van der Waals surface area contributed by atoms with Crippen LogP contribution in [0.3, 0.4) is 0 Å². The van der Waals surface area contributed by atoms with Crippen molar-refractivity contribution in [1.82, 2.24) is 5.32 Å². The number of ether oxygens (including phenoxy) is 1. The summed E-state index contributed by atoms with van der Waals surface area (Å²) in [5.74, 6) is 2.58. The first kappa shape index (κ1) is 14.3. The summed E-state index contributed by atoms with van der Waals surface area (Å²) >= 11 is 0. The van der Waals surface area contributed by atoms with Gasteiger partial charge in [-0.1, -0.05) is 20.8 Å². The molecule has 0 radical (unpaired) electrons. The SMILES string of the molecule is CCCNC(CC(C)C)c1ccc(COC)o1. The van der Waals surface area contributed by atoms with Gasteiger partial charge >= 0.3 is 0 Å². The molecule has 0 aliphatic carbocycles. The summed E-state index contributed by atoms with van der Waals surface area (Å²) in [6, 6.07) is 4.38. The van der Waals surface area contributed by atoms with Gasteiger partial charge in [0.1, 0.15) is 18.1 Å². The van der Waals surface area contributed by atoms with Gasteiger partial charge in [-0.05, 0) is 37.4 Å². The highest BCUT2D eigenvalue weighted by molar-refractivity contribution is 5.10. The summed E-state index contributed by atoms with van der Waals surface area (Å²) in [5.41, 5.74) is 0. The van der Waals surface area contributed by atoms with Crippen LogP contribution >= 0.6 is 0 Å². The lowest BCUT2D eigenvalue weighted by Gasteiger charge is -2.18. The maximum Gasteiger partial charge on any atom is 0.129 e. The minimum Gasteiger partial charge on any atom is -0.462 e. The zero-order valence-corrected chi connectivity index (χ0v) is 11.5. The van der Waals surface area contributed by atoms with Gasteiger partial charge in [-0.25, -0.2) is 0 Å². The first-order chi connectivity index (χ1) is 8.17. The van der Waals surface area contributed by atoms with Gasteiger partial charge in [-0.15, -0.1) is 0 Å². The van der Waals surface area contributed by atoms with E-state index < -0.39 is 0 Å². The van der Waals surface area contributed by atoms with E-state index in [0.717, 1.165) is 30.9 Å². The van der Waals surface area contributed by atoms with Crippen LogP contribution in [0.15, 0.2) is 16.5 Å². The van der Waals surface area contributed by atoms with Crippen LogP contribution in [0.2, 0.25) is 0 Å². The molecule has 0 bridgehead atoms. The topological polar surface area (TPSA) is 34.4 Å². The summed E-state index contributed by atoms with van der Waals surface area (Å²) in [7, 11) is 1.68. The third-order valence-electron chi connectivity index (χ3n) is 2.66. The second-order valence-corrected chi connectivity index (χ2v) is 4.87. The van der Waals surface area contributed by atoms with Crippen LogP contribution in [0.5, 0.6) is 0 Å². The van der Waals surface area contributed by atoms with Crippen molar-refractivity contribution in [2.24, 2.45) is 5.92 Å². The van der Waals surface area contributed by atoms with Crippen molar-refractivity contribution < 1.29 is 9.15 Å². The molecule has 0 amide bonds. The molecule has 17 heavy (non-hydrogen) atoms. The van der Waals surface area contributed by atoms with Gasteiger partial charge in [0.2, 0.25) is 0 Å². The van der Waals surface area contributed by atoms with Crippen LogP contribution < -0.4 is 5.32 Å². The molecule has 3 nitrogen and oxygen atoms in total. The predicted molar refractivity (Wildman–Crippen MR) is 69.9 cm³/mol. The average Bonchev–Trinajstić information content (AvgIpc) is 2.73. The number of methoxy groups -OCH3 is 1.